The van der Waals surface area contributed by atoms with Crippen molar-refractivity contribution in [2.24, 2.45) is 0 Å². The Morgan fingerprint density at radius 1 is 1.14 bits per heavy atom. The van der Waals surface area contributed by atoms with Crippen molar-refractivity contribution in [3.63, 3.8) is 0 Å². The van der Waals surface area contributed by atoms with Gasteiger partial charge in [0.2, 0.25) is 0 Å². The number of anilines is 1. The molecule has 0 unspecified atom stereocenters. The van der Waals surface area contributed by atoms with E-state index in [0.29, 0.717) is 17.8 Å². The fraction of sp³-hybridized carbons (Fsp3) is 0.312. The van der Waals surface area contributed by atoms with Crippen LogP contribution >= 0.6 is 0 Å². The third kappa shape index (κ3) is 3.97. The molecule has 0 aliphatic rings. The minimum absolute atomic E-state index is 0.253. The average Bonchev–Trinajstić information content (AvgIpc) is 2.44. The minimum Gasteiger partial charge on any atom is -0.370 e. The molecule has 0 bridgehead atoms. The van der Waals surface area contributed by atoms with E-state index in [4.69, 9.17) is 0 Å². The van der Waals surface area contributed by atoms with E-state index in [2.05, 4.69) is 10.3 Å². The average molecular weight is 294 g/mol. The Balaban J connectivity index is 2.49. The summed E-state index contributed by atoms with van der Waals surface area (Å²) < 4.78 is 39.0. The van der Waals surface area contributed by atoms with Gasteiger partial charge in [0.05, 0.1) is 11.3 Å². The van der Waals surface area contributed by atoms with Crippen LogP contribution in [0.25, 0.3) is 11.3 Å². The van der Waals surface area contributed by atoms with Crippen molar-refractivity contribution in [1.82, 2.24) is 4.98 Å². The summed E-state index contributed by atoms with van der Waals surface area (Å²) in [7, 11) is 0. The van der Waals surface area contributed by atoms with Gasteiger partial charge >= 0.3 is 6.18 Å². The smallest absolute Gasteiger partial charge is 0.370 e. The summed E-state index contributed by atoms with van der Waals surface area (Å²) in [5.74, 6) is 0.253. The lowest BCUT2D eigenvalue weighted by molar-refractivity contribution is -0.137. The molecule has 0 aliphatic carbocycles. The van der Waals surface area contributed by atoms with Crippen LogP contribution < -0.4 is 5.32 Å². The second-order valence-electron chi connectivity index (χ2n) is 4.92. The Hall–Kier alpha value is -2.04. The zero-order valence-electron chi connectivity index (χ0n) is 12.0. The van der Waals surface area contributed by atoms with E-state index in [1.165, 1.54) is 0 Å². The number of benzene rings is 1. The molecular formula is C16H17F3N2. The Bertz CT molecular complexity index is 621. The largest absolute Gasteiger partial charge is 0.416 e. The molecule has 2 nitrogen and oxygen atoms in total. The molecule has 0 amide bonds. The summed E-state index contributed by atoms with van der Waals surface area (Å²) >= 11 is 0. The van der Waals surface area contributed by atoms with Crippen molar-refractivity contribution in [2.45, 2.75) is 26.4 Å². The second kappa shape index (κ2) is 6.16. The zero-order chi connectivity index (χ0) is 15.5. The maximum absolute atomic E-state index is 13.0. The van der Waals surface area contributed by atoms with Gasteiger partial charge in [0.1, 0.15) is 5.82 Å². The summed E-state index contributed by atoms with van der Waals surface area (Å²) in [6.45, 7) is 4.43. The third-order valence-electron chi connectivity index (χ3n) is 3.02. The fourth-order valence-electron chi connectivity index (χ4n) is 1.99. The molecule has 2 aromatic rings. The summed E-state index contributed by atoms with van der Waals surface area (Å²) in [4.78, 5) is 4.28. The van der Waals surface area contributed by atoms with Crippen LogP contribution in [0.2, 0.25) is 0 Å². The van der Waals surface area contributed by atoms with Gasteiger partial charge in [0, 0.05) is 12.1 Å². The first-order chi connectivity index (χ1) is 9.90. The van der Waals surface area contributed by atoms with Crippen molar-refractivity contribution in [3.8, 4) is 11.3 Å². The summed E-state index contributed by atoms with van der Waals surface area (Å²) in [6.07, 6.45) is -3.57. The molecule has 1 aromatic carbocycles. The molecular weight excluding hydrogens is 277 g/mol. The highest BCUT2D eigenvalue weighted by Crippen LogP contribution is 2.33. The Morgan fingerprint density at radius 2 is 1.90 bits per heavy atom. The number of nitrogens with zero attached hydrogens (tertiary/aromatic N) is 1. The highest BCUT2D eigenvalue weighted by molar-refractivity contribution is 5.63. The van der Waals surface area contributed by atoms with E-state index in [1.54, 1.807) is 6.07 Å². The number of hydrogen-bond acceptors (Lipinski definition) is 2. The minimum atomic E-state index is -4.38. The van der Waals surface area contributed by atoms with Crippen molar-refractivity contribution in [3.05, 3.63) is 47.5 Å². The molecule has 0 spiro atoms. The Morgan fingerprint density at radius 3 is 2.52 bits per heavy atom. The number of halogens is 3. The van der Waals surface area contributed by atoms with Gasteiger partial charge in [-0.3, -0.25) is 0 Å². The van der Waals surface area contributed by atoms with Crippen molar-refractivity contribution < 1.29 is 13.2 Å². The molecule has 0 saturated carbocycles. The predicted molar refractivity (Wildman–Crippen MR) is 78.2 cm³/mol. The maximum atomic E-state index is 13.0. The second-order valence-corrected chi connectivity index (χ2v) is 4.92. The van der Waals surface area contributed by atoms with Gasteiger partial charge < -0.3 is 5.32 Å². The molecule has 1 N–H and O–H groups in total. The summed E-state index contributed by atoms with van der Waals surface area (Å²) in [6, 6.07) is 9.44. The van der Waals surface area contributed by atoms with Crippen LogP contribution in [0.3, 0.4) is 0 Å². The van der Waals surface area contributed by atoms with Crippen molar-refractivity contribution in [2.75, 3.05) is 11.9 Å². The number of hydrogen-bond donors (Lipinski definition) is 1. The molecule has 2 rings (SSSR count). The quantitative estimate of drug-likeness (QED) is 0.867. The lowest BCUT2D eigenvalue weighted by Gasteiger charge is -2.13. The molecule has 21 heavy (non-hydrogen) atoms. The van der Waals surface area contributed by atoms with Crippen LogP contribution in [0.15, 0.2) is 36.4 Å². The maximum Gasteiger partial charge on any atom is 0.416 e. The number of pyridine rings is 1. The normalized spacial score (nSPS) is 11.5. The number of alkyl halides is 3. The number of rotatable bonds is 4. The lowest BCUT2D eigenvalue weighted by Crippen LogP contribution is -2.09. The molecule has 1 aromatic heterocycles. The topological polar surface area (TPSA) is 24.9 Å². The predicted octanol–water partition coefficient (Wildman–Crippen LogP) is 4.90. The van der Waals surface area contributed by atoms with Gasteiger partial charge in [-0.15, -0.1) is 0 Å². The van der Waals surface area contributed by atoms with Crippen LogP contribution in [0.5, 0.6) is 0 Å². The van der Waals surface area contributed by atoms with Gasteiger partial charge in [-0.05, 0) is 31.5 Å². The summed E-state index contributed by atoms with van der Waals surface area (Å²) in [5, 5.41) is 2.92. The fourth-order valence-corrected chi connectivity index (χ4v) is 1.99. The van der Waals surface area contributed by atoms with Gasteiger partial charge in [-0.25, -0.2) is 4.98 Å². The number of nitrogens with one attached hydrogen (secondary N) is 1. The highest BCUT2D eigenvalue weighted by atomic mass is 19.4. The van der Waals surface area contributed by atoms with Gasteiger partial charge in [-0.1, -0.05) is 30.7 Å². The monoisotopic (exact) mass is 294 g/mol. The number of aromatic nitrogens is 1. The van der Waals surface area contributed by atoms with Crippen molar-refractivity contribution >= 4 is 5.82 Å². The van der Waals surface area contributed by atoms with Crippen LogP contribution in [0.4, 0.5) is 19.0 Å². The zero-order valence-corrected chi connectivity index (χ0v) is 12.0. The van der Waals surface area contributed by atoms with Gasteiger partial charge in [0.25, 0.3) is 0 Å². The molecule has 0 radical (unpaired) electrons. The molecule has 5 heteroatoms. The Labute approximate surface area is 122 Å². The van der Waals surface area contributed by atoms with Crippen LogP contribution in [-0.2, 0) is 6.18 Å². The van der Waals surface area contributed by atoms with Gasteiger partial charge in [0.15, 0.2) is 0 Å². The van der Waals surface area contributed by atoms with E-state index in [1.807, 2.05) is 32.0 Å². The lowest BCUT2D eigenvalue weighted by atomic mass is 10.1. The van der Waals surface area contributed by atoms with Crippen LogP contribution in [0, 0.1) is 6.92 Å². The van der Waals surface area contributed by atoms with E-state index < -0.39 is 11.7 Å². The third-order valence-corrected chi connectivity index (χ3v) is 3.02. The molecule has 0 atom stereocenters. The molecule has 0 aliphatic heterocycles. The Kier molecular flexibility index (Phi) is 4.50. The first-order valence-corrected chi connectivity index (χ1v) is 6.80. The van der Waals surface area contributed by atoms with Crippen LogP contribution in [-0.4, -0.2) is 11.5 Å². The molecule has 0 saturated heterocycles. The molecule has 0 fully saturated rings. The highest BCUT2D eigenvalue weighted by Gasteiger charge is 2.31. The SMILES string of the molecule is CCCNc1cc(C(F)(F)F)cc(-c2cccc(C)c2)n1. The first-order valence-electron chi connectivity index (χ1n) is 6.80. The van der Waals surface area contributed by atoms with Crippen LogP contribution in [0.1, 0.15) is 24.5 Å². The van der Waals surface area contributed by atoms with E-state index in [-0.39, 0.29) is 5.82 Å². The molecule has 1 heterocycles. The first kappa shape index (κ1) is 15.4. The van der Waals surface area contributed by atoms with E-state index >= 15 is 0 Å². The molecule has 112 valence electrons. The van der Waals surface area contributed by atoms with Crippen molar-refractivity contribution in [1.29, 1.82) is 0 Å². The summed E-state index contributed by atoms with van der Waals surface area (Å²) in [5.41, 5.74) is 1.30. The van der Waals surface area contributed by atoms with E-state index in [0.717, 1.165) is 24.1 Å². The standard InChI is InChI=1S/C16H17F3N2/c1-3-7-20-15-10-13(16(17,18)19)9-14(21-15)12-6-4-5-11(2)8-12/h4-6,8-10H,3,7H2,1-2H3,(H,20,21). The van der Waals surface area contributed by atoms with Gasteiger partial charge in [-0.2, -0.15) is 13.2 Å². The number of aryl methyl sites for hydroxylation is 1. The van der Waals surface area contributed by atoms with E-state index in [9.17, 15) is 13.2 Å².